The summed E-state index contributed by atoms with van der Waals surface area (Å²) in [6.45, 7) is 1.80. The minimum atomic E-state index is -0.0353. The smallest absolute Gasteiger partial charge is 0.224 e. The van der Waals surface area contributed by atoms with Gasteiger partial charge in [0.2, 0.25) is 5.91 Å². The molecule has 2 aromatic carbocycles. The number of nitrogens with one attached hydrogen (secondary N) is 1. The molecule has 0 unspecified atom stereocenters. The molecule has 0 saturated heterocycles. The van der Waals surface area contributed by atoms with E-state index in [9.17, 15) is 9.90 Å². The van der Waals surface area contributed by atoms with E-state index in [1.807, 2.05) is 24.3 Å². The molecule has 0 fully saturated rings. The quantitative estimate of drug-likeness (QED) is 0.834. The van der Waals surface area contributed by atoms with Gasteiger partial charge in [-0.25, -0.2) is 0 Å². The summed E-state index contributed by atoms with van der Waals surface area (Å²) in [6.07, 6.45) is 2.03. The maximum absolute atomic E-state index is 11.3. The maximum Gasteiger partial charge on any atom is 0.224 e. The molecule has 4 heteroatoms. The van der Waals surface area contributed by atoms with Crippen LogP contribution in [0.15, 0.2) is 53.5 Å². The number of aromatic hydroxyl groups is 1. The number of amides is 1. The Balaban J connectivity index is 2.16. The van der Waals surface area contributed by atoms with Crippen molar-refractivity contribution >= 4 is 23.5 Å². The lowest BCUT2D eigenvalue weighted by Gasteiger charge is -2.04. The lowest BCUT2D eigenvalue weighted by Crippen LogP contribution is -2.08. The molecule has 102 valence electrons. The summed E-state index contributed by atoms with van der Waals surface area (Å²) in [5.74, 6) is 0.151. The van der Waals surface area contributed by atoms with Crippen molar-refractivity contribution in [1.29, 1.82) is 0 Å². The second-order valence-corrected chi connectivity index (χ2v) is 4.27. The van der Waals surface area contributed by atoms with Gasteiger partial charge < -0.3 is 10.4 Å². The van der Waals surface area contributed by atoms with Crippen LogP contribution in [0, 0.1) is 0 Å². The number of aliphatic imine (C=N–C) groups is 1. The minimum absolute atomic E-state index is 0.0353. The van der Waals surface area contributed by atoms with Gasteiger partial charge >= 0.3 is 0 Å². The zero-order chi connectivity index (χ0) is 14.4. The van der Waals surface area contributed by atoms with Crippen LogP contribution in [0.25, 0.3) is 0 Å². The average molecular weight is 268 g/mol. The van der Waals surface area contributed by atoms with E-state index in [0.717, 1.165) is 0 Å². The molecule has 0 aliphatic carbocycles. The second kappa shape index (κ2) is 6.52. The van der Waals surface area contributed by atoms with E-state index in [2.05, 4.69) is 10.3 Å². The number of benzene rings is 2. The average Bonchev–Trinajstić information content (AvgIpc) is 2.47. The highest BCUT2D eigenvalue weighted by molar-refractivity contribution is 5.91. The van der Waals surface area contributed by atoms with E-state index >= 15 is 0 Å². The number of para-hydroxylation sites is 1. The fourth-order valence-electron chi connectivity index (χ4n) is 1.65. The van der Waals surface area contributed by atoms with Crippen molar-refractivity contribution in [3.05, 3.63) is 54.1 Å². The normalized spacial score (nSPS) is 10.7. The topological polar surface area (TPSA) is 61.7 Å². The van der Waals surface area contributed by atoms with Crippen molar-refractivity contribution in [1.82, 2.24) is 0 Å². The van der Waals surface area contributed by atoms with Crippen molar-refractivity contribution in [3.63, 3.8) is 0 Å². The molecule has 0 spiro atoms. The molecule has 2 N–H and O–H groups in total. The number of nitrogens with zero attached hydrogens (tertiary/aromatic N) is 1. The van der Waals surface area contributed by atoms with Crippen molar-refractivity contribution < 1.29 is 9.90 Å². The van der Waals surface area contributed by atoms with Gasteiger partial charge in [-0.3, -0.25) is 9.79 Å². The molecule has 2 aromatic rings. The van der Waals surface area contributed by atoms with Crippen LogP contribution in [-0.2, 0) is 4.79 Å². The van der Waals surface area contributed by atoms with Crippen molar-refractivity contribution in [2.24, 2.45) is 4.99 Å². The molecule has 0 radical (unpaired) electrons. The number of phenolic OH excluding ortho intramolecular Hbond substituents is 1. The number of rotatable bonds is 4. The van der Waals surface area contributed by atoms with Crippen LogP contribution in [0.2, 0.25) is 0 Å². The summed E-state index contributed by atoms with van der Waals surface area (Å²) in [6, 6.07) is 14.2. The number of phenols is 1. The second-order valence-electron chi connectivity index (χ2n) is 4.27. The van der Waals surface area contributed by atoms with Crippen LogP contribution >= 0.6 is 0 Å². The Morgan fingerprint density at radius 2 is 2.05 bits per heavy atom. The predicted molar refractivity (Wildman–Crippen MR) is 80.7 cm³/mol. The number of hydrogen-bond acceptors (Lipinski definition) is 3. The summed E-state index contributed by atoms with van der Waals surface area (Å²) < 4.78 is 0. The molecule has 0 heterocycles. The highest BCUT2D eigenvalue weighted by Gasteiger charge is 2.00. The molecule has 0 aliphatic rings. The predicted octanol–water partition coefficient (Wildman–Crippen LogP) is 3.49. The molecule has 2 rings (SSSR count). The number of carbonyl (C=O) groups excluding carboxylic acids is 1. The summed E-state index contributed by atoms with van der Waals surface area (Å²) in [4.78, 5) is 15.6. The highest BCUT2D eigenvalue weighted by Crippen LogP contribution is 2.19. The molecule has 0 aromatic heterocycles. The van der Waals surface area contributed by atoms with Crippen LogP contribution in [0.5, 0.6) is 5.75 Å². The summed E-state index contributed by atoms with van der Waals surface area (Å²) >= 11 is 0. The Bertz CT molecular complexity index is 636. The SMILES string of the molecule is CCC(=O)Nc1cccc(N=Cc2ccccc2O)c1. The van der Waals surface area contributed by atoms with Gasteiger partial charge in [-0.15, -0.1) is 0 Å². The summed E-state index contributed by atoms with van der Waals surface area (Å²) in [5.41, 5.74) is 2.07. The lowest BCUT2D eigenvalue weighted by atomic mass is 10.2. The van der Waals surface area contributed by atoms with Crippen LogP contribution in [0.1, 0.15) is 18.9 Å². The molecule has 0 atom stereocenters. The molecular weight excluding hydrogens is 252 g/mol. The Morgan fingerprint density at radius 3 is 2.80 bits per heavy atom. The van der Waals surface area contributed by atoms with Gasteiger partial charge in [0.1, 0.15) is 5.75 Å². The van der Waals surface area contributed by atoms with Crippen molar-refractivity contribution in [3.8, 4) is 5.75 Å². The van der Waals surface area contributed by atoms with E-state index in [0.29, 0.717) is 23.4 Å². The third-order valence-corrected chi connectivity index (χ3v) is 2.74. The minimum Gasteiger partial charge on any atom is -0.507 e. The molecular formula is C16H16N2O2. The Labute approximate surface area is 117 Å². The van der Waals surface area contributed by atoms with Crippen LogP contribution in [0.3, 0.4) is 0 Å². The van der Waals surface area contributed by atoms with Crippen molar-refractivity contribution in [2.45, 2.75) is 13.3 Å². The molecule has 0 bridgehead atoms. The van der Waals surface area contributed by atoms with Crippen LogP contribution in [0.4, 0.5) is 11.4 Å². The zero-order valence-corrected chi connectivity index (χ0v) is 11.2. The van der Waals surface area contributed by atoms with Gasteiger partial charge in [0.25, 0.3) is 0 Å². The number of anilines is 1. The van der Waals surface area contributed by atoms with Gasteiger partial charge in [-0.1, -0.05) is 25.1 Å². The molecule has 4 nitrogen and oxygen atoms in total. The fourth-order valence-corrected chi connectivity index (χ4v) is 1.65. The molecule has 20 heavy (non-hydrogen) atoms. The Kier molecular flexibility index (Phi) is 4.50. The van der Waals surface area contributed by atoms with Gasteiger partial charge in [0.05, 0.1) is 5.69 Å². The van der Waals surface area contributed by atoms with E-state index in [1.54, 1.807) is 37.4 Å². The van der Waals surface area contributed by atoms with Gasteiger partial charge in [0.15, 0.2) is 0 Å². The Hall–Kier alpha value is -2.62. The first kappa shape index (κ1) is 13.8. The maximum atomic E-state index is 11.3. The first-order valence-electron chi connectivity index (χ1n) is 6.41. The van der Waals surface area contributed by atoms with E-state index in [1.165, 1.54) is 0 Å². The standard InChI is InChI=1S/C16H16N2O2/c1-2-16(20)18-14-8-5-7-13(10-14)17-11-12-6-3-4-9-15(12)19/h3-11,19H,2H2,1H3,(H,18,20). The molecule has 1 amide bonds. The number of hydrogen-bond donors (Lipinski definition) is 2. The third-order valence-electron chi connectivity index (χ3n) is 2.74. The van der Waals surface area contributed by atoms with E-state index in [4.69, 9.17) is 0 Å². The molecule has 0 saturated carbocycles. The van der Waals surface area contributed by atoms with Gasteiger partial charge in [-0.2, -0.15) is 0 Å². The molecule has 0 aliphatic heterocycles. The number of carbonyl (C=O) groups is 1. The van der Waals surface area contributed by atoms with Gasteiger partial charge in [-0.05, 0) is 30.3 Å². The van der Waals surface area contributed by atoms with E-state index < -0.39 is 0 Å². The van der Waals surface area contributed by atoms with Gasteiger partial charge in [0, 0.05) is 23.9 Å². The fraction of sp³-hybridized carbons (Fsp3) is 0.125. The van der Waals surface area contributed by atoms with Crippen LogP contribution in [-0.4, -0.2) is 17.2 Å². The third kappa shape index (κ3) is 3.68. The van der Waals surface area contributed by atoms with E-state index in [-0.39, 0.29) is 11.7 Å². The highest BCUT2D eigenvalue weighted by atomic mass is 16.3. The summed E-state index contributed by atoms with van der Waals surface area (Å²) in [7, 11) is 0. The Morgan fingerprint density at radius 1 is 1.25 bits per heavy atom. The van der Waals surface area contributed by atoms with Crippen LogP contribution < -0.4 is 5.32 Å². The monoisotopic (exact) mass is 268 g/mol. The zero-order valence-electron chi connectivity index (χ0n) is 11.2. The first-order chi connectivity index (χ1) is 9.69. The first-order valence-corrected chi connectivity index (χ1v) is 6.41. The summed E-state index contributed by atoms with van der Waals surface area (Å²) in [5, 5.41) is 12.4. The largest absolute Gasteiger partial charge is 0.507 e. The lowest BCUT2D eigenvalue weighted by molar-refractivity contribution is -0.115. The van der Waals surface area contributed by atoms with Crippen molar-refractivity contribution in [2.75, 3.05) is 5.32 Å².